The van der Waals surface area contributed by atoms with E-state index in [-0.39, 0.29) is 50.2 Å². The van der Waals surface area contributed by atoms with Crippen LogP contribution in [0.3, 0.4) is 0 Å². The fourth-order valence-corrected chi connectivity index (χ4v) is 4.96. The Morgan fingerprint density at radius 1 is 1.32 bits per heavy atom. The summed E-state index contributed by atoms with van der Waals surface area (Å²) in [7, 11) is -3.80. The van der Waals surface area contributed by atoms with Gasteiger partial charge in [0.2, 0.25) is 5.43 Å². The molecule has 4 heterocycles. The molecule has 0 radical (unpaired) electrons. The average Bonchev–Trinajstić information content (AvgIpc) is 3.50. The number of imide groups is 1. The average molecular weight is 651 g/mol. The van der Waals surface area contributed by atoms with Gasteiger partial charge in [0.15, 0.2) is 33.8 Å². The minimum atomic E-state index is -4.96. The van der Waals surface area contributed by atoms with Crippen molar-refractivity contribution < 1.29 is 32.7 Å². The number of likely N-dealkylation sites (tertiary alicyclic amines) is 1. The number of aromatic amines is 1. The number of H-pyrrole nitrogens is 1. The molecule has 44 heavy (non-hydrogen) atoms. The number of β-lactam (4-membered cyclic amide) rings is 1. The highest BCUT2D eigenvalue weighted by Crippen LogP contribution is 2.20. The second-order valence-corrected chi connectivity index (χ2v) is 12.2. The van der Waals surface area contributed by atoms with Crippen LogP contribution in [0.2, 0.25) is 0 Å². The van der Waals surface area contributed by atoms with Gasteiger partial charge in [-0.05, 0) is 20.8 Å². The molecule has 1 fully saturated rings. The van der Waals surface area contributed by atoms with Crippen LogP contribution in [0.5, 0.6) is 5.75 Å². The number of oxime groups is 1. The van der Waals surface area contributed by atoms with E-state index in [0.717, 1.165) is 35.2 Å². The van der Waals surface area contributed by atoms with Gasteiger partial charge in [0.05, 0.1) is 17.9 Å². The predicted octanol–water partition coefficient (Wildman–Crippen LogP) is -1.41. The molecule has 0 bridgehead atoms. The lowest BCUT2D eigenvalue weighted by atomic mass is 10.1. The first-order valence-corrected chi connectivity index (χ1v) is 14.7. The molecule has 1 saturated heterocycles. The number of thiazole rings is 1. The van der Waals surface area contributed by atoms with Gasteiger partial charge >= 0.3 is 21.9 Å². The predicted molar refractivity (Wildman–Crippen MR) is 155 cm³/mol. The highest BCUT2D eigenvalue weighted by molar-refractivity contribution is 7.88. The van der Waals surface area contributed by atoms with Crippen molar-refractivity contribution in [2.45, 2.75) is 32.4 Å². The summed E-state index contributed by atoms with van der Waals surface area (Å²) >= 11 is 1.09. The molecule has 0 spiro atoms. The number of nitrogens with two attached hydrogens (primary N) is 1. The number of urea groups is 1. The topological polar surface area (TPSA) is 266 Å². The van der Waals surface area contributed by atoms with Crippen molar-refractivity contribution in [2.24, 2.45) is 12.2 Å². The molecule has 21 heteroatoms. The Morgan fingerprint density at radius 3 is 2.57 bits per heavy atom. The molecule has 6 N–H and O–H groups in total. The monoisotopic (exact) mass is 650 g/mol. The number of hydrogen-bond donors (Lipinski definition) is 5. The van der Waals surface area contributed by atoms with E-state index in [1.807, 2.05) is 0 Å². The molecule has 0 unspecified atom stereocenters. The standard InChI is InChI=1S/C23H26N10O9S2/c1-10(17(14-9-43-20(24)27-14)29-42-23(3,4)11(2)34)26-13-8-32(19(13)37)21(38)30-44(40,41)33-22(39)31(5)18(28-33)12-6-15(35)16(36)7-25-12/h6-7,9,13,26,36H,1,8H2,2-5H3,(H2,24,27)(H,25,35)(H,30,38)/b29-17-/t13-/m0/s1. The van der Waals surface area contributed by atoms with Gasteiger partial charge in [-0.15, -0.1) is 16.4 Å². The number of allylic oxidation sites excluding steroid dienone is 1. The number of aromatic hydroxyl groups is 1. The smallest absolute Gasteiger partial charge is 0.361 e. The highest BCUT2D eigenvalue weighted by atomic mass is 32.2. The number of carbonyl (C=O) groups is 3. The second-order valence-electron chi connectivity index (χ2n) is 9.81. The van der Waals surface area contributed by atoms with E-state index >= 15 is 0 Å². The number of Topliss-reactive ketones (excluding diaryl/α,β-unsaturated/α-hetero) is 1. The van der Waals surface area contributed by atoms with Crippen LogP contribution in [-0.2, 0) is 31.7 Å². The summed E-state index contributed by atoms with van der Waals surface area (Å²) in [5.41, 5.74) is 2.58. The fraction of sp³-hybridized carbons (Fsp3) is 0.304. The number of carbonyl (C=O) groups excluding carboxylic acids is 3. The van der Waals surface area contributed by atoms with E-state index in [1.54, 1.807) is 10.1 Å². The number of hydrogen-bond acceptors (Lipinski definition) is 15. The van der Waals surface area contributed by atoms with E-state index in [0.29, 0.717) is 4.90 Å². The lowest BCUT2D eigenvalue weighted by Gasteiger charge is -2.37. The first-order valence-electron chi connectivity index (χ1n) is 12.3. The Morgan fingerprint density at radius 2 is 2.00 bits per heavy atom. The van der Waals surface area contributed by atoms with Gasteiger partial charge < -0.3 is 26.0 Å². The largest absolute Gasteiger partial charge is 0.503 e. The number of nitrogen functional groups attached to an aromatic ring is 1. The van der Waals surface area contributed by atoms with Crippen molar-refractivity contribution in [2.75, 3.05) is 12.3 Å². The highest BCUT2D eigenvalue weighted by Gasteiger charge is 2.43. The molecular weight excluding hydrogens is 624 g/mol. The van der Waals surface area contributed by atoms with E-state index in [2.05, 4.69) is 32.1 Å². The lowest BCUT2D eigenvalue weighted by molar-refractivity contribution is -0.139. The van der Waals surface area contributed by atoms with Crippen molar-refractivity contribution >= 4 is 50.1 Å². The van der Waals surface area contributed by atoms with E-state index in [9.17, 15) is 37.5 Å². The summed E-state index contributed by atoms with van der Waals surface area (Å²) < 4.78 is 28.0. The molecule has 1 aliphatic heterocycles. The summed E-state index contributed by atoms with van der Waals surface area (Å²) in [6.45, 7) is 7.82. The van der Waals surface area contributed by atoms with Crippen LogP contribution in [0, 0.1) is 0 Å². The first kappa shape index (κ1) is 31.6. The quantitative estimate of drug-likeness (QED) is 0.0960. The molecule has 19 nitrogen and oxygen atoms in total. The van der Waals surface area contributed by atoms with E-state index in [1.165, 1.54) is 20.8 Å². The first-order chi connectivity index (χ1) is 20.4. The Kier molecular flexibility index (Phi) is 8.20. The summed E-state index contributed by atoms with van der Waals surface area (Å²) in [5, 5.41) is 21.6. The number of aromatic nitrogens is 5. The van der Waals surface area contributed by atoms with Gasteiger partial charge in [-0.1, -0.05) is 15.8 Å². The summed E-state index contributed by atoms with van der Waals surface area (Å²) in [5.74, 6) is -2.09. The summed E-state index contributed by atoms with van der Waals surface area (Å²) in [4.78, 5) is 74.2. The van der Waals surface area contributed by atoms with Gasteiger partial charge in [0.1, 0.15) is 11.7 Å². The Balaban J connectivity index is 1.46. The molecule has 3 aromatic rings. The van der Waals surface area contributed by atoms with E-state index in [4.69, 9.17) is 10.6 Å². The van der Waals surface area contributed by atoms with Crippen molar-refractivity contribution in [1.29, 1.82) is 0 Å². The minimum Gasteiger partial charge on any atom is -0.503 e. The number of pyridine rings is 1. The minimum absolute atomic E-state index is 0.0193. The molecular formula is C23H26N10O9S2. The third kappa shape index (κ3) is 6.08. The Labute approximate surface area is 251 Å². The maximum absolute atomic E-state index is 12.8. The number of nitrogens with one attached hydrogen (secondary N) is 3. The number of amides is 3. The Bertz CT molecular complexity index is 1950. The van der Waals surface area contributed by atoms with Crippen LogP contribution >= 0.6 is 11.3 Å². The van der Waals surface area contributed by atoms with Crippen LogP contribution in [-0.4, -0.2) is 83.8 Å². The summed E-state index contributed by atoms with van der Waals surface area (Å²) in [6, 6.07) is -1.53. The van der Waals surface area contributed by atoms with Crippen molar-refractivity contribution in [1.82, 2.24) is 38.7 Å². The van der Waals surface area contributed by atoms with Crippen LogP contribution in [0.1, 0.15) is 26.5 Å². The van der Waals surface area contributed by atoms with Crippen LogP contribution in [0.15, 0.2) is 44.7 Å². The van der Waals surface area contributed by atoms with Crippen molar-refractivity contribution in [3.8, 4) is 17.3 Å². The fourth-order valence-electron chi connectivity index (χ4n) is 3.48. The van der Waals surface area contributed by atoms with Gasteiger partial charge in [-0.2, -0.15) is 8.42 Å². The summed E-state index contributed by atoms with van der Waals surface area (Å²) in [6.07, 6.45) is 0.924. The molecule has 0 aromatic carbocycles. The van der Waals surface area contributed by atoms with Crippen molar-refractivity contribution in [3.05, 3.63) is 56.3 Å². The lowest BCUT2D eigenvalue weighted by Crippen LogP contribution is -2.67. The molecule has 1 aliphatic rings. The number of nitrogens with zero attached hydrogens (tertiary/aromatic N) is 6. The zero-order chi connectivity index (χ0) is 32.7. The van der Waals surface area contributed by atoms with Gasteiger partial charge in [-0.3, -0.25) is 23.9 Å². The zero-order valence-corrected chi connectivity index (χ0v) is 25.1. The van der Waals surface area contributed by atoms with Gasteiger partial charge in [-0.25, -0.2) is 19.3 Å². The SMILES string of the molecule is C=C(N[C@H]1CN(C(=O)NS(=O)(=O)n2nc(-c3cc(=O)c(O)c[nH]3)n(C)c2=O)C1=O)/C(=N/OC(C)(C)C(C)=O)c1csc(N)n1. The normalized spacial score (nSPS) is 15.5. The van der Waals surface area contributed by atoms with Gasteiger partial charge in [0, 0.05) is 24.7 Å². The molecule has 3 aromatic heterocycles. The molecule has 0 aliphatic carbocycles. The number of rotatable bonds is 10. The zero-order valence-electron chi connectivity index (χ0n) is 23.5. The van der Waals surface area contributed by atoms with Crippen LogP contribution in [0.4, 0.5) is 9.93 Å². The van der Waals surface area contributed by atoms with Crippen molar-refractivity contribution in [3.63, 3.8) is 0 Å². The molecule has 3 amide bonds. The maximum atomic E-state index is 12.8. The van der Waals surface area contributed by atoms with Gasteiger partial charge in [0.25, 0.3) is 5.91 Å². The third-order valence-electron chi connectivity index (χ3n) is 6.32. The maximum Gasteiger partial charge on any atom is 0.361 e. The molecule has 4 rings (SSSR count). The van der Waals surface area contributed by atoms with Crippen LogP contribution < -0.4 is 26.9 Å². The third-order valence-corrected chi connectivity index (χ3v) is 8.12. The molecule has 0 saturated carbocycles. The molecule has 1 atom stereocenters. The Hall–Kier alpha value is -5.31. The second kappa shape index (κ2) is 11.4. The number of ketones is 1. The van der Waals surface area contributed by atoms with E-state index < -0.39 is 50.7 Å². The number of anilines is 1. The molecule has 234 valence electrons. The van der Waals surface area contributed by atoms with Crippen LogP contribution in [0.25, 0.3) is 11.5 Å².